The van der Waals surface area contributed by atoms with Gasteiger partial charge in [0.1, 0.15) is 24.2 Å². The van der Waals surface area contributed by atoms with Crippen LogP contribution < -0.4 is 27.0 Å². The molecule has 234 valence electrons. The van der Waals surface area contributed by atoms with Gasteiger partial charge in [-0.1, -0.05) is 18.2 Å². The summed E-state index contributed by atoms with van der Waals surface area (Å²) in [7, 11) is 0. The third-order valence-electron chi connectivity index (χ3n) is 7.08. The Balaban J connectivity index is 1.52. The number of H-pyrrole nitrogens is 1. The zero-order valence-corrected chi connectivity index (χ0v) is 24.4. The number of aromatic amines is 1. The minimum Gasteiger partial charge on any atom is -0.480 e. The van der Waals surface area contributed by atoms with Crippen molar-refractivity contribution in [2.45, 2.75) is 56.4 Å². The Bertz CT molecular complexity index is 1350. The molecule has 1 aromatic carbocycles. The predicted molar refractivity (Wildman–Crippen MR) is 158 cm³/mol. The second-order valence-corrected chi connectivity index (χ2v) is 10.6. The lowest BCUT2D eigenvalue weighted by molar-refractivity contribution is -0.143. The van der Waals surface area contributed by atoms with Crippen LogP contribution in [0.15, 0.2) is 30.5 Å². The normalized spacial score (nSPS) is 17.4. The summed E-state index contributed by atoms with van der Waals surface area (Å²) < 4.78 is 0. The number of fused-ring (bicyclic) bond motifs is 1. The van der Waals surface area contributed by atoms with Gasteiger partial charge in [-0.3, -0.25) is 24.0 Å². The van der Waals surface area contributed by atoms with Crippen molar-refractivity contribution in [1.29, 1.82) is 0 Å². The molecule has 5 amide bonds. The fourth-order valence-electron chi connectivity index (χ4n) is 4.72. The molecule has 0 radical (unpaired) electrons. The lowest BCUT2D eigenvalue weighted by atomic mass is 10.0. The summed E-state index contributed by atoms with van der Waals surface area (Å²) in [6.07, 6.45) is 2.88. The smallest absolute Gasteiger partial charge is 0.328 e. The fraction of sp³-hybridized carbons (Fsp3) is 0.481. The molecule has 9 N–H and O–H groups in total. The lowest BCUT2D eigenvalue weighted by Gasteiger charge is -2.29. The van der Waals surface area contributed by atoms with Crippen LogP contribution in [0, 0.1) is 0 Å². The number of carbonyl (C=O) groups is 6. The summed E-state index contributed by atoms with van der Waals surface area (Å²) in [4.78, 5) is 78.9. The predicted octanol–water partition coefficient (Wildman–Crippen LogP) is -2.37. The zero-order valence-electron chi connectivity index (χ0n) is 23.5. The number of aliphatic hydroxyl groups excluding tert-OH is 1. The van der Waals surface area contributed by atoms with E-state index in [0.717, 1.165) is 16.5 Å². The number of amides is 5. The highest BCUT2D eigenvalue weighted by atomic mass is 32.1. The first-order chi connectivity index (χ1) is 20.5. The van der Waals surface area contributed by atoms with Gasteiger partial charge in [-0.25, -0.2) is 4.79 Å². The number of para-hydroxylation sites is 1. The standard InChI is InChI=1S/C27H37N7O8S/c1-14(23(37)30-11-22(36)32-19(12-35)27(41)42)31-25(39)21-7-4-8-34(21)26(40)20(13-43)33-24(38)17(28)9-15-10-29-18-6-3-2-5-16(15)18/h2-3,5-6,10,14,17,19-21,29,35,43H,4,7-9,11-13,28H2,1H3,(H,30,37)(H,31,39)(H,32,36)(H,33,38)(H,41,42)/t14-,17-,19-,20-,21-/m0/s1. The van der Waals surface area contributed by atoms with Crippen molar-refractivity contribution in [3.8, 4) is 0 Å². The van der Waals surface area contributed by atoms with Gasteiger partial charge in [0.05, 0.1) is 19.2 Å². The Kier molecular flexibility index (Phi) is 11.9. The van der Waals surface area contributed by atoms with E-state index < -0.39 is 78.9 Å². The summed E-state index contributed by atoms with van der Waals surface area (Å²) in [5, 5.41) is 28.3. The molecule has 0 bridgehead atoms. The Morgan fingerprint density at radius 1 is 1.09 bits per heavy atom. The number of carboxylic acid groups (broad SMARTS) is 1. The second-order valence-electron chi connectivity index (χ2n) is 10.2. The van der Waals surface area contributed by atoms with E-state index in [2.05, 4.69) is 33.6 Å². The topological polar surface area (TPSA) is 236 Å². The number of rotatable bonds is 14. The van der Waals surface area contributed by atoms with Gasteiger partial charge in [-0.05, 0) is 37.8 Å². The minimum atomic E-state index is -1.52. The number of likely N-dealkylation sites (tertiary alicyclic amines) is 1. The summed E-state index contributed by atoms with van der Waals surface area (Å²) >= 11 is 4.23. The molecular weight excluding hydrogens is 582 g/mol. The number of carboxylic acids is 1. The van der Waals surface area contributed by atoms with Crippen molar-refractivity contribution in [2.24, 2.45) is 5.73 Å². The molecule has 15 nitrogen and oxygen atoms in total. The van der Waals surface area contributed by atoms with Crippen molar-refractivity contribution in [1.82, 2.24) is 31.2 Å². The van der Waals surface area contributed by atoms with E-state index in [1.807, 2.05) is 29.6 Å². The highest BCUT2D eigenvalue weighted by molar-refractivity contribution is 7.80. The molecule has 1 aliphatic heterocycles. The number of nitrogens with one attached hydrogen (secondary N) is 5. The van der Waals surface area contributed by atoms with Gasteiger partial charge in [-0.15, -0.1) is 0 Å². The molecule has 5 atom stereocenters. The molecule has 0 saturated carbocycles. The maximum atomic E-state index is 13.4. The van der Waals surface area contributed by atoms with Crippen molar-refractivity contribution < 1.29 is 39.0 Å². The quantitative estimate of drug-likeness (QED) is 0.103. The molecule has 1 fully saturated rings. The molecule has 2 heterocycles. The van der Waals surface area contributed by atoms with Gasteiger partial charge in [0.25, 0.3) is 0 Å². The van der Waals surface area contributed by atoms with Crippen LogP contribution in [0.5, 0.6) is 0 Å². The zero-order chi connectivity index (χ0) is 31.7. The molecule has 1 aliphatic rings. The first-order valence-corrected chi connectivity index (χ1v) is 14.3. The van der Waals surface area contributed by atoms with E-state index >= 15 is 0 Å². The van der Waals surface area contributed by atoms with Crippen molar-refractivity contribution in [2.75, 3.05) is 25.4 Å². The highest BCUT2D eigenvalue weighted by Gasteiger charge is 2.38. The first kappa shape index (κ1) is 33.4. The summed E-state index contributed by atoms with van der Waals surface area (Å²) in [5.41, 5.74) is 7.93. The number of nitrogens with two attached hydrogens (primary N) is 1. The average Bonchev–Trinajstić information content (AvgIpc) is 3.64. The number of aliphatic hydroxyl groups is 1. The van der Waals surface area contributed by atoms with Gasteiger partial charge in [0, 0.05) is 29.4 Å². The molecule has 0 unspecified atom stereocenters. The number of thiol groups is 1. The molecule has 2 aromatic rings. The molecule has 0 spiro atoms. The largest absolute Gasteiger partial charge is 0.480 e. The van der Waals surface area contributed by atoms with Gasteiger partial charge >= 0.3 is 5.97 Å². The third kappa shape index (κ3) is 8.68. The van der Waals surface area contributed by atoms with Gasteiger partial charge in [-0.2, -0.15) is 12.6 Å². The maximum Gasteiger partial charge on any atom is 0.328 e. The first-order valence-electron chi connectivity index (χ1n) is 13.7. The van der Waals surface area contributed by atoms with E-state index in [0.29, 0.717) is 12.8 Å². The van der Waals surface area contributed by atoms with Crippen molar-refractivity contribution >= 4 is 59.0 Å². The van der Waals surface area contributed by atoms with Gasteiger partial charge in [0.15, 0.2) is 0 Å². The maximum absolute atomic E-state index is 13.4. The fourth-order valence-corrected chi connectivity index (χ4v) is 4.97. The lowest BCUT2D eigenvalue weighted by Crippen LogP contribution is -2.58. The summed E-state index contributed by atoms with van der Waals surface area (Å²) in [6.45, 7) is 0.233. The van der Waals surface area contributed by atoms with Crippen LogP contribution in [-0.4, -0.2) is 111 Å². The molecule has 3 rings (SSSR count). The number of aromatic nitrogens is 1. The van der Waals surface area contributed by atoms with Crippen LogP contribution in [0.1, 0.15) is 25.3 Å². The van der Waals surface area contributed by atoms with Crippen molar-refractivity contribution in [3.63, 3.8) is 0 Å². The number of hydrogen-bond donors (Lipinski definition) is 9. The van der Waals surface area contributed by atoms with Crippen LogP contribution in [0.2, 0.25) is 0 Å². The number of benzene rings is 1. The second kappa shape index (κ2) is 15.4. The molecule has 43 heavy (non-hydrogen) atoms. The van der Waals surface area contributed by atoms with Crippen LogP contribution in [0.25, 0.3) is 10.9 Å². The SMILES string of the molecule is C[C@H](NC(=O)[C@@H]1CCCN1C(=O)[C@H](CS)NC(=O)[C@@H](N)Cc1c[nH]c2ccccc12)C(=O)NCC(=O)N[C@@H](CO)C(=O)O. The van der Waals surface area contributed by atoms with Gasteiger partial charge in [0.2, 0.25) is 29.5 Å². The molecule has 0 aliphatic carbocycles. The van der Waals surface area contributed by atoms with Crippen LogP contribution in [-0.2, 0) is 35.2 Å². The molecule has 1 aromatic heterocycles. The molecule has 1 saturated heterocycles. The van der Waals surface area contributed by atoms with Gasteiger partial charge < -0.3 is 47.1 Å². The number of nitrogens with zero attached hydrogens (tertiary/aromatic N) is 1. The number of aliphatic carboxylic acids is 1. The Morgan fingerprint density at radius 2 is 1.81 bits per heavy atom. The minimum absolute atomic E-state index is 0.0326. The monoisotopic (exact) mass is 619 g/mol. The van der Waals surface area contributed by atoms with Crippen molar-refractivity contribution in [3.05, 3.63) is 36.0 Å². The van der Waals surface area contributed by atoms with E-state index in [-0.39, 0.29) is 18.7 Å². The summed E-state index contributed by atoms with van der Waals surface area (Å²) in [6, 6.07) is 2.12. The summed E-state index contributed by atoms with van der Waals surface area (Å²) in [5.74, 6) is -4.68. The van der Waals surface area contributed by atoms with E-state index in [1.54, 1.807) is 6.20 Å². The Labute approximate surface area is 252 Å². The third-order valence-corrected chi connectivity index (χ3v) is 7.44. The Morgan fingerprint density at radius 3 is 2.49 bits per heavy atom. The van der Waals surface area contributed by atoms with E-state index in [4.69, 9.17) is 15.9 Å². The molecule has 16 heteroatoms. The number of carbonyl (C=O) groups excluding carboxylic acids is 5. The average molecular weight is 620 g/mol. The molecular formula is C27H37N7O8S. The Hall–Kier alpha value is -4.15. The van der Waals surface area contributed by atoms with Crippen LogP contribution >= 0.6 is 12.6 Å². The van der Waals surface area contributed by atoms with Crippen LogP contribution in [0.3, 0.4) is 0 Å². The van der Waals surface area contributed by atoms with E-state index in [1.165, 1.54) is 11.8 Å². The number of hydrogen-bond acceptors (Lipinski definition) is 9. The highest BCUT2D eigenvalue weighted by Crippen LogP contribution is 2.20. The van der Waals surface area contributed by atoms with E-state index in [9.17, 15) is 28.8 Å². The van der Waals surface area contributed by atoms with Crippen LogP contribution in [0.4, 0.5) is 0 Å².